The van der Waals surface area contributed by atoms with E-state index in [1.165, 1.54) is 0 Å². The number of halogens is 1. The van der Waals surface area contributed by atoms with Crippen molar-refractivity contribution < 1.29 is 0 Å². The SMILES string of the molecule is Cn1ccc(Nc2cc(Cl)cc3[nH]ccc23)n1. The summed E-state index contributed by atoms with van der Waals surface area (Å²) in [6.07, 6.45) is 3.78. The number of aryl methyl sites for hydroxylation is 1. The Labute approximate surface area is 103 Å². The molecule has 0 saturated heterocycles. The molecule has 0 aliphatic rings. The van der Waals surface area contributed by atoms with E-state index in [0.29, 0.717) is 5.02 Å². The molecule has 0 saturated carbocycles. The summed E-state index contributed by atoms with van der Waals surface area (Å²) >= 11 is 6.07. The largest absolute Gasteiger partial charge is 0.361 e. The Morgan fingerprint density at radius 3 is 3.00 bits per heavy atom. The summed E-state index contributed by atoms with van der Waals surface area (Å²) in [6.45, 7) is 0. The third-order valence-corrected chi connectivity index (χ3v) is 2.83. The summed E-state index contributed by atoms with van der Waals surface area (Å²) < 4.78 is 1.75. The number of H-pyrrole nitrogens is 1. The molecule has 0 aliphatic heterocycles. The van der Waals surface area contributed by atoms with Gasteiger partial charge in [0.2, 0.25) is 0 Å². The smallest absolute Gasteiger partial charge is 0.152 e. The zero-order valence-electron chi connectivity index (χ0n) is 9.24. The van der Waals surface area contributed by atoms with Gasteiger partial charge in [0, 0.05) is 41.4 Å². The van der Waals surface area contributed by atoms with Gasteiger partial charge in [0.15, 0.2) is 5.82 Å². The molecule has 2 N–H and O–H groups in total. The minimum atomic E-state index is 0.693. The fourth-order valence-corrected chi connectivity index (χ4v) is 2.07. The first-order valence-corrected chi connectivity index (χ1v) is 5.63. The maximum atomic E-state index is 6.07. The van der Waals surface area contributed by atoms with Crippen molar-refractivity contribution in [3.63, 3.8) is 0 Å². The standard InChI is InChI=1S/C12H11ClN4/c1-17-5-3-12(16-17)15-11-7-8(13)6-10-9(11)2-4-14-10/h2-7,14H,1H3,(H,15,16). The maximum absolute atomic E-state index is 6.07. The monoisotopic (exact) mass is 246 g/mol. The van der Waals surface area contributed by atoms with Crippen LogP contribution in [0.1, 0.15) is 0 Å². The molecule has 2 aromatic heterocycles. The molecular weight excluding hydrogens is 236 g/mol. The lowest BCUT2D eigenvalue weighted by Gasteiger charge is -2.05. The molecule has 5 heteroatoms. The number of aromatic amines is 1. The minimum Gasteiger partial charge on any atom is -0.361 e. The van der Waals surface area contributed by atoms with E-state index in [1.807, 2.05) is 43.7 Å². The van der Waals surface area contributed by atoms with Gasteiger partial charge in [0.25, 0.3) is 0 Å². The number of anilines is 2. The van der Waals surface area contributed by atoms with Crippen LogP contribution in [0.4, 0.5) is 11.5 Å². The molecule has 86 valence electrons. The molecule has 3 rings (SSSR count). The number of hydrogen-bond acceptors (Lipinski definition) is 2. The number of benzene rings is 1. The first kappa shape index (κ1) is 10.2. The summed E-state index contributed by atoms with van der Waals surface area (Å²) in [5, 5.41) is 9.33. The second-order valence-corrected chi connectivity index (χ2v) is 4.33. The summed E-state index contributed by atoms with van der Waals surface area (Å²) in [7, 11) is 1.88. The average molecular weight is 247 g/mol. The van der Waals surface area contributed by atoms with Gasteiger partial charge in [-0.05, 0) is 18.2 Å². The summed E-state index contributed by atoms with van der Waals surface area (Å²) in [5.74, 6) is 0.803. The Bertz CT molecular complexity index is 668. The Morgan fingerprint density at radius 2 is 2.24 bits per heavy atom. The van der Waals surface area contributed by atoms with Crippen LogP contribution in [0.25, 0.3) is 10.9 Å². The molecular formula is C12H11ClN4. The van der Waals surface area contributed by atoms with E-state index >= 15 is 0 Å². The highest BCUT2D eigenvalue weighted by Gasteiger charge is 2.05. The number of fused-ring (bicyclic) bond motifs is 1. The highest BCUT2D eigenvalue weighted by Crippen LogP contribution is 2.29. The van der Waals surface area contributed by atoms with Crippen LogP contribution in [0, 0.1) is 0 Å². The summed E-state index contributed by atoms with van der Waals surface area (Å²) in [4.78, 5) is 3.14. The number of aromatic nitrogens is 3. The quantitative estimate of drug-likeness (QED) is 0.729. The van der Waals surface area contributed by atoms with Crippen molar-refractivity contribution in [2.45, 2.75) is 0 Å². The number of nitrogens with one attached hydrogen (secondary N) is 2. The van der Waals surface area contributed by atoms with E-state index in [-0.39, 0.29) is 0 Å². The van der Waals surface area contributed by atoms with Crippen molar-refractivity contribution in [3.05, 3.63) is 41.7 Å². The first-order valence-electron chi connectivity index (χ1n) is 5.26. The number of nitrogens with zero attached hydrogens (tertiary/aromatic N) is 2. The van der Waals surface area contributed by atoms with Crippen LogP contribution in [0.15, 0.2) is 36.7 Å². The second-order valence-electron chi connectivity index (χ2n) is 3.89. The average Bonchev–Trinajstić information content (AvgIpc) is 2.87. The van der Waals surface area contributed by atoms with E-state index in [0.717, 1.165) is 22.4 Å². The fourth-order valence-electron chi connectivity index (χ4n) is 1.85. The molecule has 1 aromatic carbocycles. The van der Waals surface area contributed by atoms with Gasteiger partial charge >= 0.3 is 0 Å². The molecule has 3 aromatic rings. The lowest BCUT2D eigenvalue weighted by atomic mass is 10.2. The Morgan fingerprint density at radius 1 is 1.35 bits per heavy atom. The van der Waals surface area contributed by atoms with Gasteiger partial charge in [-0.3, -0.25) is 4.68 Å². The van der Waals surface area contributed by atoms with Gasteiger partial charge in [0.1, 0.15) is 0 Å². The Hall–Kier alpha value is -1.94. The topological polar surface area (TPSA) is 45.6 Å². The van der Waals surface area contributed by atoms with Crippen LogP contribution in [0.3, 0.4) is 0 Å². The van der Waals surface area contributed by atoms with Crippen LogP contribution < -0.4 is 5.32 Å². The molecule has 0 amide bonds. The van der Waals surface area contributed by atoms with E-state index in [2.05, 4.69) is 15.4 Å². The fraction of sp³-hybridized carbons (Fsp3) is 0.0833. The van der Waals surface area contributed by atoms with Gasteiger partial charge in [-0.25, -0.2) is 0 Å². The van der Waals surface area contributed by atoms with Gasteiger partial charge in [0.05, 0.1) is 5.69 Å². The highest BCUT2D eigenvalue weighted by atomic mass is 35.5. The zero-order chi connectivity index (χ0) is 11.8. The van der Waals surface area contributed by atoms with Crippen LogP contribution in [-0.4, -0.2) is 14.8 Å². The van der Waals surface area contributed by atoms with Gasteiger partial charge in [-0.1, -0.05) is 11.6 Å². The van der Waals surface area contributed by atoms with Crippen molar-refractivity contribution >= 4 is 34.0 Å². The van der Waals surface area contributed by atoms with Gasteiger partial charge in [-0.2, -0.15) is 5.10 Å². The third kappa shape index (κ3) is 1.87. The molecule has 17 heavy (non-hydrogen) atoms. The Balaban J connectivity index is 2.07. The van der Waals surface area contributed by atoms with Crippen LogP contribution >= 0.6 is 11.6 Å². The van der Waals surface area contributed by atoms with E-state index < -0.39 is 0 Å². The molecule has 0 aliphatic carbocycles. The van der Waals surface area contributed by atoms with Crippen molar-refractivity contribution in [1.29, 1.82) is 0 Å². The molecule has 0 atom stereocenters. The van der Waals surface area contributed by atoms with Crippen molar-refractivity contribution in [2.75, 3.05) is 5.32 Å². The maximum Gasteiger partial charge on any atom is 0.152 e. The normalized spacial score (nSPS) is 10.9. The number of hydrogen-bond donors (Lipinski definition) is 2. The lowest BCUT2D eigenvalue weighted by Crippen LogP contribution is -1.94. The third-order valence-electron chi connectivity index (χ3n) is 2.61. The molecule has 0 spiro atoms. The summed E-state index contributed by atoms with van der Waals surface area (Å²) in [5.41, 5.74) is 1.96. The lowest BCUT2D eigenvalue weighted by molar-refractivity contribution is 0.771. The van der Waals surface area contributed by atoms with Gasteiger partial charge in [-0.15, -0.1) is 0 Å². The van der Waals surface area contributed by atoms with Crippen LogP contribution in [0.2, 0.25) is 5.02 Å². The molecule has 0 fully saturated rings. The van der Waals surface area contributed by atoms with Gasteiger partial charge < -0.3 is 10.3 Å². The molecule has 0 radical (unpaired) electrons. The van der Waals surface area contributed by atoms with E-state index in [9.17, 15) is 0 Å². The zero-order valence-corrected chi connectivity index (χ0v) is 9.99. The van der Waals surface area contributed by atoms with Crippen molar-refractivity contribution in [3.8, 4) is 0 Å². The predicted molar refractivity (Wildman–Crippen MR) is 69.8 cm³/mol. The molecule has 4 nitrogen and oxygen atoms in total. The highest BCUT2D eigenvalue weighted by molar-refractivity contribution is 6.31. The van der Waals surface area contributed by atoms with Crippen molar-refractivity contribution in [2.24, 2.45) is 7.05 Å². The molecule has 0 unspecified atom stereocenters. The first-order chi connectivity index (χ1) is 8.22. The van der Waals surface area contributed by atoms with Crippen LogP contribution in [-0.2, 0) is 7.05 Å². The number of rotatable bonds is 2. The minimum absolute atomic E-state index is 0.693. The van der Waals surface area contributed by atoms with Crippen LogP contribution in [0.5, 0.6) is 0 Å². The molecule has 0 bridgehead atoms. The summed E-state index contributed by atoms with van der Waals surface area (Å²) in [6, 6.07) is 7.73. The van der Waals surface area contributed by atoms with E-state index in [4.69, 9.17) is 11.6 Å². The molecule has 2 heterocycles. The Kier molecular flexibility index (Phi) is 2.30. The van der Waals surface area contributed by atoms with Crippen molar-refractivity contribution in [1.82, 2.24) is 14.8 Å². The predicted octanol–water partition coefficient (Wildman–Crippen LogP) is 3.30. The second kappa shape index (κ2) is 3.82. The van der Waals surface area contributed by atoms with E-state index in [1.54, 1.807) is 4.68 Å².